The molecule has 0 radical (unpaired) electrons. The number of imidazole rings is 1. The van der Waals surface area contributed by atoms with Crippen molar-refractivity contribution in [2.75, 3.05) is 18.9 Å². The van der Waals surface area contributed by atoms with Gasteiger partial charge >= 0.3 is 6.01 Å². The third-order valence-electron chi connectivity index (χ3n) is 4.45. The van der Waals surface area contributed by atoms with E-state index in [1.54, 1.807) is 0 Å². The average Bonchev–Trinajstić information content (AvgIpc) is 3.17. The summed E-state index contributed by atoms with van der Waals surface area (Å²) < 4.78 is 12.6. The molecule has 2 aromatic heterocycles. The van der Waals surface area contributed by atoms with Crippen molar-refractivity contribution < 1.29 is 24.8 Å². The number of unbranched alkanes of at least 4 members (excludes halogenated alkanes) is 3. The Hall–Kier alpha value is -2.01. The second-order valence-corrected chi connectivity index (χ2v) is 6.35. The maximum atomic E-state index is 10.2. The smallest absolute Gasteiger partial charge is 0.320 e. The van der Waals surface area contributed by atoms with Crippen LogP contribution in [0.3, 0.4) is 0 Å². The molecule has 1 aliphatic heterocycles. The van der Waals surface area contributed by atoms with Gasteiger partial charge in [-0.15, -0.1) is 0 Å². The summed E-state index contributed by atoms with van der Waals surface area (Å²) in [7, 11) is 0. The molecule has 0 spiro atoms. The second-order valence-electron chi connectivity index (χ2n) is 6.35. The van der Waals surface area contributed by atoms with Crippen LogP contribution in [0.5, 0.6) is 6.01 Å². The Kier molecular flexibility index (Phi) is 5.87. The van der Waals surface area contributed by atoms with Gasteiger partial charge in [-0.2, -0.15) is 9.97 Å². The van der Waals surface area contributed by atoms with E-state index < -0.39 is 31.1 Å². The highest BCUT2D eigenvalue weighted by atomic mass is 16.6. The molecule has 5 N–H and O–H groups in total. The molecule has 3 rings (SSSR count). The highest BCUT2D eigenvalue weighted by Crippen LogP contribution is 2.32. The summed E-state index contributed by atoms with van der Waals surface area (Å²) in [4.78, 5) is 12.6. The quantitative estimate of drug-likeness (QED) is 0.472. The molecular formula is C16H25N5O5. The van der Waals surface area contributed by atoms with Crippen LogP contribution in [0.15, 0.2) is 6.33 Å². The SMILES string of the molecule is CCCCCCOc1nc(N)c2ncn([C@@H]3O[C@H](CO)[C@@H](O)[C@H]3O)c2n1. The normalized spacial score (nSPS) is 25.8. The Balaban J connectivity index is 1.81. The number of aliphatic hydroxyl groups is 3. The van der Waals surface area contributed by atoms with E-state index >= 15 is 0 Å². The van der Waals surface area contributed by atoms with Crippen molar-refractivity contribution in [1.82, 2.24) is 19.5 Å². The largest absolute Gasteiger partial charge is 0.463 e. The van der Waals surface area contributed by atoms with Crippen molar-refractivity contribution in [3.8, 4) is 6.01 Å². The predicted molar refractivity (Wildman–Crippen MR) is 92.4 cm³/mol. The van der Waals surface area contributed by atoms with Crippen molar-refractivity contribution in [2.24, 2.45) is 0 Å². The molecule has 1 fully saturated rings. The zero-order chi connectivity index (χ0) is 18.7. The minimum atomic E-state index is -1.24. The molecule has 0 unspecified atom stereocenters. The fourth-order valence-corrected chi connectivity index (χ4v) is 2.97. The van der Waals surface area contributed by atoms with Gasteiger partial charge in [0.25, 0.3) is 0 Å². The molecule has 10 nitrogen and oxygen atoms in total. The van der Waals surface area contributed by atoms with E-state index in [-0.39, 0.29) is 11.8 Å². The third kappa shape index (κ3) is 3.58. The number of fused-ring (bicyclic) bond motifs is 1. The highest BCUT2D eigenvalue weighted by molar-refractivity contribution is 5.82. The zero-order valence-corrected chi connectivity index (χ0v) is 14.7. The van der Waals surface area contributed by atoms with Crippen LogP contribution in [-0.4, -0.2) is 66.4 Å². The lowest BCUT2D eigenvalue weighted by Gasteiger charge is -2.16. The molecule has 2 aromatic rings. The Morgan fingerprint density at radius 3 is 2.73 bits per heavy atom. The van der Waals surface area contributed by atoms with Crippen LogP contribution < -0.4 is 10.5 Å². The van der Waals surface area contributed by atoms with E-state index in [4.69, 9.17) is 15.2 Å². The molecule has 1 aliphatic rings. The van der Waals surface area contributed by atoms with Gasteiger partial charge in [0.05, 0.1) is 19.5 Å². The number of nitrogens with two attached hydrogens (primary N) is 1. The number of aliphatic hydroxyl groups excluding tert-OH is 3. The number of anilines is 1. The monoisotopic (exact) mass is 367 g/mol. The Morgan fingerprint density at radius 1 is 1.23 bits per heavy atom. The van der Waals surface area contributed by atoms with E-state index in [1.165, 1.54) is 10.9 Å². The minimum Gasteiger partial charge on any atom is -0.463 e. The maximum Gasteiger partial charge on any atom is 0.320 e. The predicted octanol–water partition coefficient (Wildman–Crippen LogP) is -0.0209. The number of aromatic nitrogens is 4. The van der Waals surface area contributed by atoms with Crippen molar-refractivity contribution in [3.63, 3.8) is 0 Å². The second kappa shape index (κ2) is 8.12. The fourth-order valence-electron chi connectivity index (χ4n) is 2.97. The van der Waals surface area contributed by atoms with Gasteiger partial charge in [-0.3, -0.25) is 4.57 Å². The molecule has 26 heavy (non-hydrogen) atoms. The Morgan fingerprint density at radius 2 is 2.04 bits per heavy atom. The first kappa shape index (κ1) is 18.8. The lowest BCUT2D eigenvalue weighted by molar-refractivity contribution is -0.0511. The molecule has 0 aromatic carbocycles. The number of hydrogen-bond acceptors (Lipinski definition) is 9. The van der Waals surface area contributed by atoms with Crippen molar-refractivity contribution >= 4 is 17.0 Å². The van der Waals surface area contributed by atoms with Crippen molar-refractivity contribution in [3.05, 3.63) is 6.33 Å². The average molecular weight is 367 g/mol. The molecule has 0 amide bonds. The summed E-state index contributed by atoms with van der Waals surface area (Å²) in [6, 6.07) is 0.125. The Bertz CT molecular complexity index is 739. The van der Waals surface area contributed by atoms with E-state index in [0.29, 0.717) is 17.8 Å². The van der Waals surface area contributed by atoms with Gasteiger partial charge in [0.15, 0.2) is 23.2 Å². The topological polar surface area (TPSA) is 149 Å². The lowest BCUT2D eigenvalue weighted by atomic mass is 10.1. The molecule has 10 heteroatoms. The van der Waals surface area contributed by atoms with Gasteiger partial charge in [0.2, 0.25) is 0 Å². The summed E-state index contributed by atoms with van der Waals surface area (Å²) >= 11 is 0. The summed E-state index contributed by atoms with van der Waals surface area (Å²) in [6.45, 7) is 2.20. The maximum absolute atomic E-state index is 10.2. The molecule has 0 bridgehead atoms. The van der Waals surface area contributed by atoms with E-state index in [1.807, 2.05) is 0 Å². The number of nitrogen functional groups attached to an aromatic ring is 1. The van der Waals surface area contributed by atoms with Crippen LogP contribution in [-0.2, 0) is 4.74 Å². The van der Waals surface area contributed by atoms with E-state index in [9.17, 15) is 15.3 Å². The molecule has 0 aliphatic carbocycles. The third-order valence-corrected chi connectivity index (χ3v) is 4.45. The first-order chi connectivity index (χ1) is 12.6. The van der Waals surface area contributed by atoms with E-state index in [0.717, 1.165) is 25.7 Å². The van der Waals surface area contributed by atoms with Crippen LogP contribution in [0.1, 0.15) is 38.8 Å². The van der Waals surface area contributed by atoms with Crippen LogP contribution in [0.25, 0.3) is 11.2 Å². The first-order valence-corrected chi connectivity index (χ1v) is 8.82. The molecule has 1 saturated heterocycles. The lowest BCUT2D eigenvalue weighted by Crippen LogP contribution is -2.33. The van der Waals surface area contributed by atoms with E-state index in [2.05, 4.69) is 21.9 Å². The summed E-state index contributed by atoms with van der Waals surface area (Å²) in [5.41, 5.74) is 6.61. The van der Waals surface area contributed by atoms with Gasteiger partial charge in [-0.1, -0.05) is 26.2 Å². The van der Waals surface area contributed by atoms with Crippen LogP contribution >= 0.6 is 0 Å². The molecule has 144 valence electrons. The molecule has 0 saturated carbocycles. The Labute approximate surface area is 150 Å². The van der Waals surface area contributed by atoms with Gasteiger partial charge in [0, 0.05) is 0 Å². The summed E-state index contributed by atoms with van der Waals surface area (Å²) in [5.74, 6) is 0.157. The molecule has 4 atom stereocenters. The fraction of sp³-hybridized carbons (Fsp3) is 0.688. The summed E-state index contributed by atoms with van der Waals surface area (Å²) in [6.07, 6.45) is 1.36. The van der Waals surface area contributed by atoms with Crippen molar-refractivity contribution in [1.29, 1.82) is 0 Å². The van der Waals surface area contributed by atoms with Crippen LogP contribution in [0.4, 0.5) is 5.82 Å². The van der Waals surface area contributed by atoms with Crippen LogP contribution in [0, 0.1) is 0 Å². The van der Waals surface area contributed by atoms with Crippen molar-refractivity contribution in [2.45, 2.75) is 57.1 Å². The number of nitrogens with zero attached hydrogens (tertiary/aromatic N) is 4. The number of rotatable bonds is 8. The highest BCUT2D eigenvalue weighted by Gasteiger charge is 2.44. The van der Waals surface area contributed by atoms with Gasteiger partial charge < -0.3 is 30.5 Å². The van der Waals surface area contributed by atoms with Gasteiger partial charge in [0.1, 0.15) is 18.3 Å². The number of ether oxygens (including phenoxy) is 2. The van der Waals surface area contributed by atoms with Gasteiger partial charge in [-0.05, 0) is 6.42 Å². The standard InChI is InChI=1S/C16H25N5O5/c1-2-3-4-5-6-25-16-19-13(17)10-14(20-16)21(8-18-10)15-12(24)11(23)9(7-22)26-15/h8-9,11-12,15,22-24H,2-7H2,1H3,(H2,17,19,20)/t9-,11-,12-,15-/m1/s1. The molecular weight excluding hydrogens is 342 g/mol. The zero-order valence-electron chi connectivity index (χ0n) is 14.7. The minimum absolute atomic E-state index is 0.125. The van der Waals surface area contributed by atoms with Gasteiger partial charge in [-0.25, -0.2) is 4.98 Å². The van der Waals surface area contributed by atoms with Crippen LogP contribution in [0.2, 0.25) is 0 Å². The summed E-state index contributed by atoms with van der Waals surface area (Å²) in [5, 5.41) is 29.4. The molecule has 3 heterocycles. The first-order valence-electron chi connectivity index (χ1n) is 8.82. The number of hydrogen-bond donors (Lipinski definition) is 4.